The minimum absolute atomic E-state index is 0.464. The molecule has 4 heterocycles. The number of aromatic nitrogens is 1. The molecule has 3 aliphatic heterocycles. The van der Waals surface area contributed by atoms with Crippen molar-refractivity contribution in [3.8, 4) is 0 Å². The molecule has 3 nitrogen and oxygen atoms in total. The van der Waals surface area contributed by atoms with E-state index in [0.717, 1.165) is 26.0 Å². The van der Waals surface area contributed by atoms with Crippen molar-refractivity contribution in [2.24, 2.45) is 18.9 Å². The van der Waals surface area contributed by atoms with Gasteiger partial charge in [-0.3, -0.25) is 4.90 Å². The second-order valence-electron chi connectivity index (χ2n) is 9.27. The Hall–Kier alpha value is -2.52. The lowest BCUT2D eigenvalue weighted by Crippen LogP contribution is -2.56. The number of benzene rings is 2. The van der Waals surface area contributed by atoms with E-state index in [9.17, 15) is 0 Å². The molecule has 3 aromatic rings. The van der Waals surface area contributed by atoms with Crippen LogP contribution in [0.1, 0.15) is 42.6 Å². The van der Waals surface area contributed by atoms with Gasteiger partial charge in [0, 0.05) is 42.1 Å². The fourth-order valence-corrected chi connectivity index (χ4v) is 6.55. The van der Waals surface area contributed by atoms with Gasteiger partial charge in [0.25, 0.3) is 0 Å². The number of ether oxygens (including phenoxy) is 1. The number of allylic oxidation sites excluding steroid dienone is 1. The molecule has 3 aliphatic rings. The Morgan fingerprint density at radius 3 is 2.67 bits per heavy atom. The first-order valence-electron chi connectivity index (χ1n) is 11.4. The zero-order chi connectivity index (χ0) is 20.2. The fourth-order valence-electron chi connectivity index (χ4n) is 6.55. The summed E-state index contributed by atoms with van der Waals surface area (Å²) >= 11 is 0. The molecule has 6 rings (SSSR count). The van der Waals surface area contributed by atoms with Crippen LogP contribution in [-0.2, 0) is 24.8 Å². The van der Waals surface area contributed by atoms with Crippen LogP contribution in [0.4, 0.5) is 0 Å². The Balaban J connectivity index is 1.50. The first-order chi connectivity index (χ1) is 14.8. The molecule has 0 radical (unpaired) electrons. The van der Waals surface area contributed by atoms with Gasteiger partial charge in [-0.2, -0.15) is 0 Å². The molecule has 0 saturated carbocycles. The molecule has 30 heavy (non-hydrogen) atoms. The van der Waals surface area contributed by atoms with E-state index in [1.165, 1.54) is 28.5 Å². The summed E-state index contributed by atoms with van der Waals surface area (Å²) in [6.45, 7) is 4.16. The number of para-hydroxylation sites is 1. The average molecular weight is 399 g/mol. The molecule has 0 aliphatic carbocycles. The molecule has 2 aromatic carbocycles. The number of hydrogen-bond donors (Lipinski definition) is 0. The van der Waals surface area contributed by atoms with Crippen molar-refractivity contribution in [3.05, 3.63) is 83.3 Å². The third-order valence-electron chi connectivity index (χ3n) is 7.92. The van der Waals surface area contributed by atoms with Crippen LogP contribution in [-0.4, -0.2) is 22.1 Å². The summed E-state index contributed by atoms with van der Waals surface area (Å²) in [4.78, 5) is 2.81. The third-order valence-corrected chi connectivity index (χ3v) is 7.92. The molecule has 0 spiro atoms. The lowest BCUT2D eigenvalue weighted by molar-refractivity contribution is -0.0444. The highest BCUT2D eigenvalue weighted by Crippen LogP contribution is 2.52. The van der Waals surface area contributed by atoms with Crippen molar-refractivity contribution in [1.82, 2.24) is 9.47 Å². The molecule has 154 valence electrons. The van der Waals surface area contributed by atoms with E-state index in [1.54, 1.807) is 11.3 Å². The molecule has 2 bridgehead atoms. The number of fused-ring (bicyclic) bond motifs is 8. The molecule has 0 N–H and O–H groups in total. The number of aryl methyl sites for hydroxylation is 1. The van der Waals surface area contributed by atoms with Crippen molar-refractivity contribution < 1.29 is 4.74 Å². The van der Waals surface area contributed by atoms with E-state index < -0.39 is 0 Å². The van der Waals surface area contributed by atoms with Crippen molar-refractivity contribution >= 4 is 10.9 Å². The van der Waals surface area contributed by atoms with Gasteiger partial charge in [0.15, 0.2) is 0 Å². The van der Waals surface area contributed by atoms with Gasteiger partial charge in [0.05, 0.1) is 18.9 Å². The van der Waals surface area contributed by atoms with Gasteiger partial charge in [-0.1, -0.05) is 55.5 Å². The molecule has 4 atom stereocenters. The lowest BCUT2D eigenvalue weighted by Gasteiger charge is -2.54. The standard InChI is InChI=1S/C27H30N2O/c1-3-19-16-30-17-23-21(19)13-26-27-22(20-11-7-8-12-24(20)28(27)2)14-25(23)29(26)15-18-9-5-4-6-10-18/h4-12,16,21,23,25-26H,3,13-15,17H2,1-2H3/t21-,23+,25+,26+/m0/s1. The summed E-state index contributed by atoms with van der Waals surface area (Å²) in [5.41, 5.74) is 7.43. The minimum atomic E-state index is 0.464. The summed E-state index contributed by atoms with van der Waals surface area (Å²) in [6.07, 6.45) is 5.50. The van der Waals surface area contributed by atoms with Crippen molar-refractivity contribution in [2.75, 3.05) is 6.61 Å². The summed E-state index contributed by atoms with van der Waals surface area (Å²) in [5, 5.41) is 1.45. The van der Waals surface area contributed by atoms with Gasteiger partial charge >= 0.3 is 0 Å². The quantitative estimate of drug-likeness (QED) is 0.571. The number of piperidine rings is 1. The average Bonchev–Trinajstić information content (AvgIpc) is 3.06. The van der Waals surface area contributed by atoms with Crippen LogP contribution in [0.2, 0.25) is 0 Å². The van der Waals surface area contributed by atoms with Gasteiger partial charge in [0.1, 0.15) is 0 Å². The van der Waals surface area contributed by atoms with Crippen LogP contribution < -0.4 is 0 Å². The molecule has 1 aromatic heterocycles. The van der Waals surface area contributed by atoms with E-state index in [2.05, 4.69) is 84.3 Å². The Morgan fingerprint density at radius 1 is 1.03 bits per heavy atom. The van der Waals surface area contributed by atoms with E-state index in [4.69, 9.17) is 4.74 Å². The Morgan fingerprint density at radius 2 is 1.83 bits per heavy atom. The van der Waals surface area contributed by atoms with Crippen LogP contribution >= 0.6 is 0 Å². The zero-order valence-electron chi connectivity index (χ0n) is 17.9. The lowest BCUT2D eigenvalue weighted by atomic mass is 9.67. The van der Waals surface area contributed by atoms with Gasteiger partial charge in [-0.25, -0.2) is 0 Å². The maximum absolute atomic E-state index is 6.02. The number of nitrogens with zero attached hydrogens (tertiary/aromatic N) is 2. The Labute approximate surface area is 178 Å². The summed E-state index contributed by atoms with van der Waals surface area (Å²) in [6, 6.07) is 21.0. The maximum Gasteiger partial charge on any atom is 0.0922 e. The summed E-state index contributed by atoms with van der Waals surface area (Å²) in [7, 11) is 2.27. The number of rotatable bonds is 3. The highest BCUT2D eigenvalue weighted by molar-refractivity contribution is 5.86. The van der Waals surface area contributed by atoms with Gasteiger partial charge in [0.2, 0.25) is 0 Å². The largest absolute Gasteiger partial charge is 0.501 e. The van der Waals surface area contributed by atoms with Crippen LogP contribution in [0, 0.1) is 11.8 Å². The molecule has 0 amide bonds. The van der Waals surface area contributed by atoms with Gasteiger partial charge < -0.3 is 9.30 Å². The predicted octanol–water partition coefficient (Wildman–Crippen LogP) is 5.61. The molecule has 1 fully saturated rings. The van der Waals surface area contributed by atoms with E-state index in [1.807, 2.05) is 0 Å². The zero-order valence-corrected chi connectivity index (χ0v) is 17.9. The first kappa shape index (κ1) is 18.3. The smallest absolute Gasteiger partial charge is 0.0922 e. The highest BCUT2D eigenvalue weighted by atomic mass is 16.5. The van der Waals surface area contributed by atoms with Gasteiger partial charge in [-0.05, 0) is 47.9 Å². The number of hydrogen-bond acceptors (Lipinski definition) is 2. The molecule has 1 saturated heterocycles. The van der Waals surface area contributed by atoms with Crippen LogP contribution in [0.15, 0.2) is 66.4 Å². The monoisotopic (exact) mass is 398 g/mol. The fraction of sp³-hybridized carbons (Fsp3) is 0.407. The molecule has 0 unspecified atom stereocenters. The van der Waals surface area contributed by atoms with Crippen LogP contribution in [0.25, 0.3) is 10.9 Å². The summed E-state index contributed by atoms with van der Waals surface area (Å²) in [5.74, 6) is 1.23. The van der Waals surface area contributed by atoms with Crippen molar-refractivity contribution in [3.63, 3.8) is 0 Å². The van der Waals surface area contributed by atoms with Crippen LogP contribution in [0.3, 0.4) is 0 Å². The van der Waals surface area contributed by atoms with E-state index in [-0.39, 0.29) is 0 Å². The Kier molecular flexibility index (Phi) is 4.28. The minimum Gasteiger partial charge on any atom is -0.501 e. The van der Waals surface area contributed by atoms with Gasteiger partial charge in [-0.15, -0.1) is 0 Å². The van der Waals surface area contributed by atoms with Crippen molar-refractivity contribution in [2.45, 2.75) is 44.8 Å². The SMILES string of the molecule is CCC1=COC[C@H]2[C@H]3Cc4c(n(C)c5ccccc45)[C@@H](C[C@@H]12)N3Cc1ccccc1. The second-order valence-corrected chi connectivity index (χ2v) is 9.27. The van der Waals surface area contributed by atoms with E-state index >= 15 is 0 Å². The predicted molar refractivity (Wildman–Crippen MR) is 121 cm³/mol. The second kappa shape index (κ2) is 7.02. The maximum atomic E-state index is 6.02. The van der Waals surface area contributed by atoms with Crippen molar-refractivity contribution in [1.29, 1.82) is 0 Å². The molecular formula is C27H30N2O. The first-order valence-corrected chi connectivity index (χ1v) is 11.4. The Bertz CT molecular complexity index is 1110. The highest BCUT2D eigenvalue weighted by Gasteiger charge is 2.50. The summed E-state index contributed by atoms with van der Waals surface area (Å²) < 4.78 is 8.50. The topological polar surface area (TPSA) is 17.4 Å². The normalized spacial score (nSPS) is 27.9. The van der Waals surface area contributed by atoms with Crippen LogP contribution in [0.5, 0.6) is 0 Å². The van der Waals surface area contributed by atoms with E-state index in [0.29, 0.717) is 23.9 Å². The molecular weight excluding hydrogens is 368 g/mol. The molecule has 3 heteroatoms. The third kappa shape index (κ3) is 2.61.